The van der Waals surface area contributed by atoms with Crippen LogP contribution in [-0.4, -0.2) is 26.4 Å². The van der Waals surface area contributed by atoms with Crippen molar-refractivity contribution in [3.63, 3.8) is 0 Å². The van der Waals surface area contributed by atoms with Gasteiger partial charge in [-0.15, -0.1) is 0 Å². The van der Waals surface area contributed by atoms with E-state index in [-0.39, 0.29) is 6.42 Å². The first-order valence-electron chi connectivity index (χ1n) is 2.95. The highest BCUT2D eigenvalue weighted by molar-refractivity contribution is 7.86. The molecule has 1 heterocycles. The van der Waals surface area contributed by atoms with Gasteiger partial charge in [0.2, 0.25) is 5.67 Å². The fourth-order valence-corrected chi connectivity index (χ4v) is 1.75. The van der Waals surface area contributed by atoms with Gasteiger partial charge in [0.25, 0.3) is 10.1 Å². The predicted octanol–water partition coefficient (Wildman–Crippen LogP) is -0.0316. The van der Waals surface area contributed by atoms with Crippen LogP contribution in [0, 0.1) is 11.3 Å². The molecule has 0 aromatic heterocycles. The summed E-state index contributed by atoms with van der Waals surface area (Å²) < 4.78 is 38.2. The van der Waals surface area contributed by atoms with Crippen LogP contribution in [0.1, 0.15) is 6.42 Å². The third-order valence-electron chi connectivity index (χ3n) is 1.42. The predicted molar refractivity (Wildman–Crippen MR) is 33.8 cm³/mol. The van der Waals surface area contributed by atoms with Crippen LogP contribution < -0.4 is 0 Å². The average molecular weight is 179 g/mol. The molecule has 0 aromatic carbocycles. The van der Waals surface area contributed by atoms with Crippen molar-refractivity contribution in [1.29, 1.82) is 5.26 Å². The van der Waals surface area contributed by atoms with E-state index in [1.807, 2.05) is 0 Å². The van der Waals surface area contributed by atoms with Crippen molar-refractivity contribution in [2.75, 3.05) is 12.4 Å². The molecule has 0 radical (unpaired) electrons. The van der Waals surface area contributed by atoms with Gasteiger partial charge in [-0.2, -0.15) is 13.7 Å². The molecule has 1 unspecified atom stereocenters. The number of hydrogen-bond donors (Lipinski definition) is 0. The number of alkyl halides is 1. The van der Waals surface area contributed by atoms with Gasteiger partial charge in [-0.05, 0) is 0 Å². The lowest BCUT2D eigenvalue weighted by Gasteiger charge is -2.21. The molecule has 0 bridgehead atoms. The Morgan fingerprint density at radius 2 is 2.27 bits per heavy atom. The molecule has 1 atom stereocenters. The Hall–Kier alpha value is -0.670. The van der Waals surface area contributed by atoms with Crippen molar-refractivity contribution >= 4 is 10.1 Å². The van der Waals surface area contributed by atoms with E-state index in [1.54, 1.807) is 0 Å². The molecule has 1 aliphatic rings. The summed E-state index contributed by atoms with van der Waals surface area (Å²) in [5, 5.41) is 8.22. The summed E-state index contributed by atoms with van der Waals surface area (Å²) >= 11 is 0. The van der Waals surface area contributed by atoms with E-state index in [1.165, 1.54) is 6.07 Å². The topological polar surface area (TPSA) is 67.2 Å². The molecule has 11 heavy (non-hydrogen) atoms. The minimum atomic E-state index is -3.56. The SMILES string of the molecule is N#CC1(F)CCS(=O)(=O)OC1. The van der Waals surface area contributed by atoms with Gasteiger partial charge in [0, 0.05) is 6.42 Å². The molecule has 1 aliphatic heterocycles. The third kappa shape index (κ3) is 1.88. The van der Waals surface area contributed by atoms with Crippen molar-refractivity contribution in [2.24, 2.45) is 0 Å². The lowest BCUT2D eigenvalue weighted by molar-refractivity contribution is 0.120. The van der Waals surface area contributed by atoms with Crippen LogP contribution in [0.25, 0.3) is 0 Å². The zero-order valence-electron chi connectivity index (χ0n) is 5.58. The molecular formula is C5H6FNO3S. The fourth-order valence-electron chi connectivity index (χ4n) is 0.689. The Morgan fingerprint density at radius 3 is 2.64 bits per heavy atom. The second-order valence-corrected chi connectivity index (χ2v) is 4.11. The van der Waals surface area contributed by atoms with Gasteiger partial charge in [0.15, 0.2) is 0 Å². The number of rotatable bonds is 0. The van der Waals surface area contributed by atoms with Crippen LogP contribution in [0.4, 0.5) is 4.39 Å². The van der Waals surface area contributed by atoms with Crippen molar-refractivity contribution in [2.45, 2.75) is 12.1 Å². The lowest BCUT2D eigenvalue weighted by Crippen LogP contribution is -2.37. The van der Waals surface area contributed by atoms with E-state index >= 15 is 0 Å². The van der Waals surface area contributed by atoms with Gasteiger partial charge < -0.3 is 0 Å². The van der Waals surface area contributed by atoms with Crippen molar-refractivity contribution < 1.29 is 17.0 Å². The molecule has 4 nitrogen and oxygen atoms in total. The zero-order chi connectivity index (χ0) is 8.54. The molecule has 0 aromatic rings. The Labute approximate surface area is 63.7 Å². The summed E-state index contributed by atoms with van der Waals surface area (Å²) in [5.74, 6) is -0.420. The molecule has 0 saturated carbocycles. The molecule has 0 N–H and O–H groups in total. The highest BCUT2D eigenvalue weighted by Crippen LogP contribution is 2.23. The van der Waals surface area contributed by atoms with Gasteiger partial charge in [-0.25, -0.2) is 4.39 Å². The molecule has 0 aliphatic carbocycles. The van der Waals surface area contributed by atoms with Crippen LogP contribution in [0.3, 0.4) is 0 Å². The van der Waals surface area contributed by atoms with E-state index < -0.39 is 28.1 Å². The molecule has 1 saturated heterocycles. The zero-order valence-corrected chi connectivity index (χ0v) is 6.40. The van der Waals surface area contributed by atoms with Crippen molar-refractivity contribution in [1.82, 2.24) is 0 Å². The Kier molecular flexibility index (Phi) is 1.86. The average Bonchev–Trinajstić information content (AvgIpc) is 1.97. The first-order valence-corrected chi connectivity index (χ1v) is 4.52. The second-order valence-electron chi connectivity index (χ2n) is 2.35. The number of hydrogen-bond acceptors (Lipinski definition) is 4. The fraction of sp³-hybridized carbons (Fsp3) is 0.800. The third-order valence-corrected chi connectivity index (χ3v) is 2.60. The number of nitrogens with zero attached hydrogens (tertiary/aromatic N) is 1. The summed E-state index contributed by atoms with van der Waals surface area (Å²) in [5.41, 5.74) is -2.12. The Balaban J connectivity index is 2.71. The standard InChI is InChI=1S/C5H6FNO3S/c6-5(3-7)1-2-11(8,9)10-4-5/h1-2,4H2. The summed E-state index contributed by atoms with van der Waals surface area (Å²) in [6.45, 7) is -0.675. The van der Waals surface area contributed by atoms with Gasteiger partial charge >= 0.3 is 0 Å². The summed E-state index contributed by atoms with van der Waals surface area (Å²) in [7, 11) is -3.56. The Morgan fingerprint density at radius 1 is 1.64 bits per heavy atom. The van der Waals surface area contributed by atoms with E-state index in [2.05, 4.69) is 4.18 Å². The molecule has 0 amide bonds. The van der Waals surface area contributed by atoms with E-state index in [4.69, 9.17) is 5.26 Å². The van der Waals surface area contributed by atoms with Crippen LogP contribution in [0.2, 0.25) is 0 Å². The van der Waals surface area contributed by atoms with Gasteiger partial charge in [-0.3, -0.25) is 4.18 Å². The molecule has 62 valence electrons. The van der Waals surface area contributed by atoms with Crippen LogP contribution in [-0.2, 0) is 14.3 Å². The highest BCUT2D eigenvalue weighted by Gasteiger charge is 2.38. The lowest BCUT2D eigenvalue weighted by atomic mass is 10.1. The smallest absolute Gasteiger partial charge is 0.266 e. The van der Waals surface area contributed by atoms with E-state index in [0.29, 0.717) is 0 Å². The van der Waals surface area contributed by atoms with Crippen LogP contribution >= 0.6 is 0 Å². The molecular weight excluding hydrogens is 173 g/mol. The number of halogens is 1. The van der Waals surface area contributed by atoms with E-state index in [0.717, 1.165) is 0 Å². The summed E-state index contributed by atoms with van der Waals surface area (Å²) in [4.78, 5) is 0. The minimum absolute atomic E-state index is 0.300. The van der Waals surface area contributed by atoms with Crippen molar-refractivity contribution in [3.05, 3.63) is 0 Å². The quantitative estimate of drug-likeness (QED) is 0.489. The van der Waals surface area contributed by atoms with Gasteiger partial charge in [0.05, 0.1) is 5.75 Å². The van der Waals surface area contributed by atoms with Gasteiger partial charge in [-0.1, -0.05) is 0 Å². The maximum absolute atomic E-state index is 12.9. The maximum Gasteiger partial charge on any atom is 0.267 e. The van der Waals surface area contributed by atoms with Crippen LogP contribution in [0.5, 0.6) is 0 Å². The summed E-state index contributed by atoms with van der Waals surface area (Å²) in [6, 6.07) is 1.36. The second kappa shape index (κ2) is 2.43. The number of nitriles is 1. The van der Waals surface area contributed by atoms with E-state index in [9.17, 15) is 12.8 Å². The first-order chi connectivity index (χ1) is 4.97. The Bertz CT molecular complexity index is 277. The molecule has 1 rings (SSSR count). The summed E-state index contributed by atoms with van der Waals surface area (Å²) in [6.07, 6.45) is -0.300. The maximum atomic E-state index is 12.9. The van der Waals surface area contributed by atoms with Gasteiger partial charge in [0.1, 0.15) is 12.7 Å². The minimum Gasteiger partial charge on any atom is -0.266 e. The molecule has 0 spiro atoms. The van der Waals surface area contributed by atoms with Crippen LogP contribution in [0.15, 0.2) is 0 Å². The first kappa shape index (κ1) is 8.43. The molecule has 6 heteroatoms. The highest BCUT2D eigenvalue weighted by atomic mass is 32.2. The largest absolute Gasteiger partial charge is 0.267 e. The van der Waals surface area contributed by atoms with Crippen molar-refractivity contribution in [3.8, 4) is 6.07 Å². The monoisotopic (exact) mass is 179 g/mol. The normalized spacial score (nSPS) is 36.0. The molecule has 1 fully saturated rings.